The molecule has 2 fully saturated rings. The van der Waals surface area contributed by atoms with Crippen LogP contribution < -0.4 is 5.32 Å². The molecule has 0 aromatic heterocycles. The highest BCUT2D eigenvalue weighted by molar-refractivity contribution is 7.99. The van der Waals surface area contributed by atoms with Crippen LogP contribution in [-0.2, 0) is 4.79 Å². The van der Waals surface area contributed by atoms with Crippen molar-refractivity contribution in [3.63, 3.8) is 0 Å². The van der Waals surface area contributed by atoms with E-state index < -0.39 is 0 Å². The minimum atomic E-state index is -0.292. The molecule has 2 rings (SSSR count). The third-order valence-electron chi connectivity index (χ3n) is 3.62. The Bertz CT molecular complexity index is 269. The lowest BCUT2D eigenvalue weighted by atomic mass is 9.89. The largest absolute Gasteiger partial charge is 0.339 e. The summed E-state index contributed by atoms with van der Waals surface area (Å²) >= 11 is 1.97. The summed E-state index contributed by atoms with van der Waals surface area (Å²) in [5, 5.41) is 4.00. The molecule has 0 spiro atoms. The molecule has 2 aliphatic heterocycles. The topological polar surface area (TPSA) is 32.3 Å². The summed E-state index contributed by atoms with van der Waals surface area (Å²) in [6.07, 6.45) is 3.37. The van der Waals surface area contributed by atoms with Crippen molar-refractivity contribution in [2.75, 3.05) is 25.4 Å². The van der Waals surface area contributed by atoms with Crippen molar-refractivity contribution in [3.8, 4) is 0 Å². The first-order valence-electron chi connectivity index (χ1n) is 6.28. The Kier molecular flexibility index (Phi) is 5.61. The van der Waals surface area contributed by atoms with Crippen molar-refractivity contribution >= 4 is 30.1 Å². The van der Waals surface area contributed by atoms with Crippen LogP contribution in [0.3, 0.4) is 0 Å². The number of nitrogens with zero attached hydrogens (tertiary/aromatic N) is 1. The number of carbonyl (C=O) groups excluding carboxylic acids is 1. The first-order chi connectivity index (χ1) is 7.62. The molecule has 5 heteroatoms. The van der Waals surface area contributed by atoms with Crippen molar-refractivity contribution in [2.45, 2.75) is 43.9 Å². The molecular weight excluding hydrogens is 256 g/mol. The van der Waals surface area contributed by atoms with Gasteiger partial charge in [-0.15, -0.1) is 12.4 Å². The molecule has 0 radical (unpaired) electrons. The quantitative estimate of drug-likeness (QED) is 0.795. The van der Waals surface area contributed by atoms with Gasteiger partial charge in [0, 0.05) is 24.1 Å². The second-order valence-electron chi connectivity index (χ2n) is 5.15. The molecular formula is C12H23ClN2OS. The number of nitrogens with one attached hydrogen (secondary N) is 1. The molecule has 0 aromatic rings. The van der Waals surface area contributed by atoms with Crippen molar-refractivity contribution in [1.82, 2.24) is 10.2 Å². The van der Waals surface area contributed by atoms with Crippen LogP contribution >= 0.6 is 24.2 Å². The van der Waals surface area contributed by atoms with E-state index >= 15 is 0 Å². The van der Waals surface area contributed by atoms with Gasteiger partial charge in [-0.1, -0.05) is 6.92 Å². The summed E-state index contributed by atoms with van der Waals surface area (Å²) < 4.78 is 0. The third kappa shape index (κ3) is 3.52. The van der Waals surface area contributed by atoms with Crippen LogP contribution in [0.4, 0.5) is 0 Å². The molecule has 2 unspecified atom stereocenters. The van der Waals surface area contributed by atoms with Gasteiger partial charge < -0.3 is 10.2 Å². The van der Waals surface area contributed by atoms with E-state index in [1.165, 1.54) is 12.8 Å². The molecule has 2 heterocycles. The van der Waals surface area contributed by atoms with E-state index in [1.807, 2.05) is 11.8 Å². The smallest absolute Gasteiger partial charge is 0.242 e. The minimum Gasteiger partial charge on any atom is -0.339 e. The normalized spacial score (nSPS) is 34.0. The molecule has 2 atom stereocenters. The molecule has 0 aliphatic carbocycles. The number of hydrogen-bond acceptors (Lipinski definition) is 3. The number of hydrogen-bond donors (Lipinski definition) is 1. The molecule has 0 bridgehead atoms. The zero-order valence-corrected chi connectivity index (χ0v) is 12.3. The van der Waals surface area contributed by atoms with E-state index in [-0.39, 0.29) is 17.9 Å². The maximum atomic E-state index is 12.5. The molecule has 2 saturated heterocycles. The first kappa shape index (κ1) is 15.1. The Labute approximate surface area is 114 Å². The van der Waals surface area contributed by atoms with E-state index in [9.17, 15) is 4.79 Å². The summed E-state index contributed by atoms with van der Waals surface area (Å²) in [5.74, 6) is 1.41. The predicted octanol–water partition coefficient (Wildman–Crippen LogP) is 1.90. The number of thioether (sulfide) groups is 1. The van der Waals surface area contributed by atoms with Crippen molar-refractivity contribution < 1.29 is 4.79 Å². The average molecular weight is 279 g/mol. The molecule has 0 aromatic carbocycles. The van der Waals surface area contributed by atoms with Gasteiger partial charge in [0.1, 0.15) is 0 Å². The van der Waals surface area contributed by atoms with Gasteiger partial charge >= 0.3 is 0 Å². The van der Waals surface area contributed by atoms with Crippen molar-refractivity contribution in [2.24, 2.45) is 0 Å². The van der Waals surface area contributed by atoms with E-state index in [0.717, 1.165) is 31.8 Å². The van der Waals surface area contributed by atoms with Crippen LogP contribution in [0.25, 0.3) is 0 Å². The number of amides is 1. The van der Waals surface area contributed by atoms with E-state index in [2.05, 4.69) is 24.1 Å². The van der Waals surface area contributed by atoms with Crippen LogP contribution in [0.15, 0.2) is 0 Å². The maximum Gasteiger partial charge on any atom is 0.242 e. The summed E-state index contributed by atoms with van der Waals surface area (Å²) in [7, 11) is 0. The van der Waals surface area contributed by atoms with Gasteiger partial charge in [0.25, 0.3) is 0 Å². The number of halogens is 1. The second kappa shape index (κ2) is 6.30. The van der Waals surface area contributed by atoms with Gasteiger partial charge in [-0.05, 0) is 32.7 Å². The zero-order valence-electron chi connectivity index (χ0n) is 10.7. The Morgan fingerprint density at radius 1 is 1.47 bits per heavy atom. The fraction of sp³-hybridized carbons (Fsp3) is 0.917. The Balaban J connectivity index is 0.00000144. The highest BCUT2D eigenvalue weighted by atomic mass is 35.5. The second-order valence-corrected chi connectivity index (χ2v) is 6.69. The van der Waals surface area contributed by atoms with E-state index in [4.69, 9.17) is 0 Å². The van der Waals surface area contributed by atoms with Gasteiger partial charge in [-0.3, -0.25) is 4.79 Å². The molecule has 17 heavy (non-hydrogen) atoms. The standard InChI is InChI=1S/C12H22N2OS.ClH/c1-10-9-14(7-8-16-10)11(15)12(2)5-3-4-6-13-12;/h10,13H,3-9H2,1-2H3;1H. The van der Waals surface area contributed by atoms with Gasteiger partial charge in [0.05, 0.1) is 5.54 Å². The van der Waals surface area contributed by atoms with Crippen LogP contribution in [0.2, 0.25) is 0 Å². The van der Waals surface area contributed by atoms with E-state index in [1.54, 1.807) is 0 Å². The number of carbonyl (C=O) groups is 1. The monoisotopic (exact) mass is 278 g/mol. The highest BCUT2D eigenvalue weighted by Gasteiger charge is 2.38. The molecule has 1 N–H and O–H groups in total. The summed E-state index contributed by atoms with van der Waals surface area (Å²) in [5.41, 5.74) is -0.292. The number of rotatable bonds is 1. The van der Waals surface area contributed by atoms with Crippen LogP contribution in [-0.4, -0.2) is 47.0 Å². The lowest BCUT2D eigenvalue weighted by Crippen LogP contribution is -2.59. The van der Waals surface area contributed by atoms with Crippen molar-refractivity contribution in [1.29, 1.82) is 0 Å². The lowest BCUT2D eigenvalue weighted by Gasteiger charge is -2.40. The van der Waals surface area contributed by atoms with Gasteiger partial charge in [0.15, 0.2) is 0 Å². The first-order valence-corrected chi connectivity index (χ1v) is 7.33. The Hall–Kier alpha value is 0.0700. The molecule has 0 saturated carbocycles. The SMILES string of the molecule is CC1CN(C(=O)C2(C)CCCCN2)CCS1.Cl. The molecule has 1 amide bonds. The van der Waals surface area contributed by atoms with E-state index in [0.29, 0.717) is 11.2 Å². The molecule has 2 aliphatic rings. The zero-order chi connectivity index (χ0) is 11.6. The van der Waals surface area contributed by atoms with Crippen LogP contribution in [0.1, 0.15) is 33.1 Å². The summed E-state index contributed by atoms with van der Waals surface area (Å²) in [4.78, 5) is 14.5. The Morgan fingerprint density at radius 2 is 2.24 bits per heavy atom. The predicted molar refractivity (Wildman–Crippen MR) is 76.0 cm³/mol. The van der Waals surface area contributed by atoms with Gasteiger partial charge in [-0.2, -0.15) is 11.8 Å². The van der Waals surface area contributed by atoms with Gasteiger partial charge in [0.2, 0.25) is 5.91 Å². The van der Waals surface area contributed by atoms with Crippen LogP contribution in [0.5, 0.6) is 0 Å². The summed E-state index contributed by atoms with van der Waals surface area (Å²) in [6, 6.07) is 0. The minimum absolute atomic E-state index is 0. The number of piperidine rings is 1. The lowest BCUT2D eigenvalue weighted by molar-refractivity contribution is -0.138. The fourth-order valence-corrected chi connectivity index (χ4v) is 3.60. The average Bonchev–Trinajstić information content (AvgIpc) is 2.29. The summed E-state index contributed by atoms with van der Waals surface area (Å²) in [6.45, 7) is 7.11. The fourth-order valence-electron chi connectivity index (χ4n) is 2.59. The third-order valence-corrected chi connectivity index (χ3v) is 4.76. The van der Waals surface area contributed by atoms with Crippen LogP contribution in [0, 0.1) is 0 Å². The maximum absolute atomic E-state index is 12.5. The van der Waals surface area contributed by atoms with Gasteiger partial charge in [-0.25, -0.2) is 0 Å². The highest BCUT2D eigenvalue weighted by Crippen LogP contribution is 2.25. The molecule has 100 valence electrons. The van der Waals surface area contributed by atoms with Crippen molar-refractivity contribution in [3.05, 3.63) is 0 Å². The Morgan fingerprint density at radius 3 is 2.82 bits per heavy atom. The molecule has 3 nitrogen and oxygen atoms in total.